The molecule has 2 rings (SSSR count). The summed E-state index contributed by atoms with van der Waals surface area (Å²) < 4.78 is 0. The molecule has 0 amide bonds. The van der Waals surface area contributed by atoms with E-state index in [2.05, 4.69) is 4.90 Å². The van der Waals surface area contributed by atoms with Crippen LogP contribution in [0.1, 0.15) is 25.3 Å². The summed E-state index contributed by atoms with van der Waals surface area (Å²) in [6.45, 7) is 4.03. The fourth-order valence-corrected chi connectivity index (χ4v) is 2.56. The second-order valence-corrected chi connectivity index (χ2v) is 5.11. The summed E-state index contributed by atoms with van der Waals surface area (Å²) in [5.74, 6) is 0.358. The van der Waals surface area contributed by atoms with Crippen LogP contribution >= 0.6 is 0 Å². The van der Waals surface area contributed by atoms with Crippen molar-refractivity contribution < 1.29 is 9.72 Å². The first-order valence-corrected chi connectivity index (χ1v) is 6.52. The molecule has 1 heterocycles. The van der Waals surface area contributed by atoms with Crippen LogP contribution in [0.15, 0.2) is 24.3 Å². The van der Waals surface area contributed by atoms with Gasteiger partial charge in [0.05, 0.1) is 4.92 Å². The monoisotopic (exact) mass is 262 g/mol. The minimum atomic E-state index is -0.377. The smallest absolute Gasteiger partial charge is 0.269 e. The number of benzene rings is 1. The van der Waals surface area contributed by atoms with E-state index in [1.165, 1.54) is 6.07 Å². The van der Waals surface area contributed by atoms with Gasteiger partial charge < -0.3 is 0 Å². The maximum absolute atomic E-state index is 11.4. The molecule has 0 aromatic heterocycles. The number of non-ortho nitro benzene ring substituents is 1. The average Bonchev–Trinajstić information content (AvgIpc) is 2.39. The van der Waals surface area contributed by atoms with E-state index in [1.807, 2.05) is 6.07 Å². The summed E-state index contributed by atoms with van der Waals surface area (Å²) in [5, 5.41) is 10.7. The second kappa shape index (κ2) is 5.93. The zero-order chi connectivity index (χ0) is 13.8. The molecular formula is C14H18N2O3. The van der Waals surface area contributed by atoms with Crippen molar-refractivity contribution in [3.63, 3.8) is 0 Å². The molecule has 0 radical (unpaired) electrons. The van der Waals surface area contributed by atoms with Crippen molar-refractivity contribution in [2.45, 2.75) is 26.3 Å². The predicted octanol–water partition coefficient (Wildman–Crippen LogP) is 2.40. The number of hydrogen-bond donors (Lipinski definition) is 0. The van der Waals surface area contributed by atoms with E-state index >= 15 is 0 Å². The van der Waals surface area contributed by atoms with E-state index < -0.39 is 0 Å². The fourth-order valence-electron chi connectivity index (χ4n) is 2.56. The van der Waals surface area contributed by atoms with Crippen LogP contribution in [0.5, 0.6) is 0 Å². The van der Waals surface area contributed by atoms with Crippen LogP contribution in [0.4, 0.5) is 5.69 Å². The van der Waals surface area contributed by atoms with Gasteiger partial charge in [0.25, 0.3) is 5.69 Å². The summed E-state index contributed by atoms with van der Waals surface area (Å²) in [6, 6.07) is 6.71. The number of hydrogen-bond acceptors (Lipinski definition) is 4. The van der Waals surface area contributed by atoms with E-state index in [1.54, 1.807) is 19.1 Å². The Morgan fingerprint density at radius 2 is 2.32 bits per heavy atom. The number of ketones is 1. The fraction of sp³-hybridized carbons (Fsp3) is 0.500. The standard InChI is InChI=1S/C14H18N2O3/c1-11(17)13-5-3-7-15(10-13)9-12-4-2-6-14(8-12)16(18)19/h2,4,6,8,13H,3,5,7,9-10H2,1H3. The first-order chi connectivity index (χ1) is 9.06. The normalized spacial score (nSPS) is 20.2. The molecular weight excluding hydrogens is 244 g/mol. The predicted molar refractivity (Wildman–Crippen MR) is 71.8 cm³/mol. The summed E-state index contributed by atoms with van der Waals surface area (Å²) in [7, 11) is 0. The van der Waals surface area contributed by atoms with Gasteiger partial charge in [-0.3, -0.25) is 19.8 Å². The second-order valence-electron chi connectivity index (χ2n) is 5.11. The van der Waals surface area contributed by atoms with Gasteiger partial charge in [-0.15, -0.1) is 0 Å². The van der Waals surface area contributed by atoms with E-state index in [-0.39, 0.29) is 22.3 Å². The molecule has 1 saturated heterocycles. The highest BCUT2D eigenvalue weighted by Crippen LogP contribution is 2.20. The Morgan fingerprint density at radius 1 is 1.53 bits per heavy atom. The van der Waals surface area contributed by atoms with Gasteiger partial charge in [-0.25, -0.2) is 0 Å². The third-order valence-corrected chi connectivity index (χ3v) is 3.61. The molecule has 1 atom stereocenters. The molecule has 0 bridgehead atoms. The SMILES string of the molecule is CC(=O)C1CCCN(Cc2cccc([N+](=O)[O-])c2)C1. The Kier molecular flexibility index (Phi) is 4.27. The van der Waals surface area contributed by atoms with E-state index in [0.717, 1.165) is 31.5 Å². The number of nitro benzene ring substituents is 1. The maximum Gasteiger partial charge on any atom is 0.269 e. The Bertz CT molecular complexity index is 487. The van der Waals surface area contributed by atoms with Crippen LogP contribution in [-0.2, 0) is 11.3 Å². The Morgan fingerprint density at radius 3 is 3.00 bits per heavy atom. The molecule has 5 heteroatoms. The summed E-state index contributed by atoms with van der Waals surface area (Å²) in [5.41, 5.74) is 1.05. The van der Waals surface area contributed by atoms with Crippen LogP contribution in [0.25, 0.3) is 0 Å². The van der Waals surface area contributed by atoms with Gasteiger partial charge in [-0.1, -0.05) is 12.1 Å². The molecule has 102 valence electrons. The lowest BCUT2D eigenvalue weighted by Crippen LogP contribution is -2.37. The molecule has 0 N–H and O–H groups in total. The van der Waals surface area contributed by atoms with Crippen molar-refractivity contribution in [1.82, 2.24) is 4.90 Å². The average molecular weight is 262 g/mol. The van der Waals surface area contributed by atoms with Crippen molar-refractivity contribution in [2.24, 2.45) is 5.92 Å². The summed E-state index contributed by atoms with van der Waals surface area (Å²) >= 11 is 0. The van der Waals surface area contributed by atoms with Gasteiger partial charge >= 0.3 is 0 Å². The van der Waals surface area contributed by atoms with Crippen molar-refractivity contribution in [3.05, 3.63) is 39.9 Å². The van der Waals surface area contributed by atoms with E-state index in [4.69, 9.17) is 0 Å². The van der Waals surface area contributed by atoms with Crippen molar-refractivity contribution in [1.29, 1.82) is 0 Å². The number of rotatable bonds is 4. The van der Waals surface area contributed by atoms with Crippen LogP contribution in [0.2, 0.25) is 0 Å². The minimum Gasteiger partial charge on any atom is -0.300 e. The number of likely N-dealkylation sites (tertiary alicyclic amines) is 1. The number of carbonyl (C=O) groups excluding carboxylic acids is 1. The quantitative estimate of drug-likeness (QED) is 0.617. The lowest BCUT2D eigenvalue weighted by atomic mass is 9.94. The molecule has 1 aromatic carbocycles. The van der Waals surface area contributed by atoms with Gasteiger partial charge in [-0.2, -0.15) is 0 Å². The summed E-state index contributed by atoms with van der Waals surface area (Å²) in [4.78, 5) is 24.0. The van der Waals surface area contributed by atoms with Crippen LogP contribution < -0.4 is 0 Å². The van der Waals surface area contributed by atoms with Crippen molar-refractivity contribution >= 4 is 11.5 Å². The molecule has 19 heavy (non-hydrogen) atoms. The van der Waals surface area contributed by atoms with Gasteiger partial charge in [0.15, 0.2) is 0 Å². The highest BCUT2D eigenvalue weighted by Gasteiger charge is 2.23. The molecule has 0 saturated carbocycles. The Balaban J connectivity index is 2.02. The van der Waals surface area contributed by atoms with Gasteiger partial charge in [0.2, 0.25) is 0 Å². The highest BCUT2D eigenvalue weighted by atomic mass is 16.6. The zero-order valence-electron chi connectivity index (χ0n) is 11.0. The number of carbonyl (C=O) groups is 1. The number of nitrogens with zero attached hydrogens (tertiary/aromatic N) is 2. The topological polar surface area (TPSA) is 63.5 Å². The van der Waals surface area contributed by atoms with Gasteiger partial charge in [0.1, 0.15) is 5.78 Å². The lowest BCUT2D eigenvalue weighted by molar-refractivity contribution is -0.384. The van der Waals surface area contributed by atoms with Crippen LogP contribution in [0.3, 0.4) is 0 Å². The van der Waals surface area contributed by atoms with Crippen molar-refractivity contribution in [2.75, 3.05) is 13.1 Å². The number of Topliss-reactive ketones (excluding diaryl/α,β-unsaturated/α-hetero) is 1. The molecule has 5 nitrogen and oxygen atoms in total. The highest BCUT2D eigenvalue weighted by molar-refractivity contribution is 5.78. The first kappa shape index (κ1) is 13.7. The molecule has 0 spiro atoms. The molecule has 1 fully saturated rings. The summed E-state index contributed by atoms with van der Waals surface area (Å²) in [6.07, 6.45) is 1.97. The zero-order valence-corrected chi connectivity index (χ0v) is 11.0. The molecule has 0 aliphatic carbocycles. The lowest BCUT2D eigenvalue weighted by Gasteiger charge is -2.31. The third kappa shape index (κ3) is 3.61. The van der Waals surface area contributed by atoms with Gasteiger partial charge in [-0.05, 0) is 31.9 Å². The first-order valence-electron chi connectivity index (χ1n) is 6.52. The minimum absolute atomic E-state index is 0.118. The number of nitro groups is 1. The molecule has 1 aliphatic rings. The number of piperidine rings is 1. The molecule has 1 aliphatic heterocycles. The largest absolute Gasteiger partial charge is 0.300 e. The van der Waals surface area contributed by atoms with Crippen LogP contribution in [0, 0.1) is 16.0 Å². The van der Waals surface area contributed by atoms with Crippen LogP contribution in [-0.4, -0.2) is 28.7 Å². The third-order valence-electron chi connectivity index (χ3n) is 3.61. The maximum atomic E-state index is 11.4. The van der Waals surface area contributed by atoms with E-state index in [9.17, 15) is 14.9 Å². The van der Waals surface area contributed by atoms with Crippen molar-refractivity contribution in [3.8, 4) is 0 Å². The molecule has 1 aromatic rings. The Hall–Kier alpha value is -1.75. The van der Waals surface area contributed by atoms with E-state index in [0.29, 0.717) is 6.54 Å². The van der Waals surface area contributed by atoms with Gasteiger partial charge in [0, 0.05) is 31.1 Å². The molecule has 1 unspecified atom stereocenters. The Labute approximate surface area is 112 Å².